The molecule has 0 unspecified atom stereocenters. The van der Waals surface area contributed by atoms with Crippen molar-refractivity contribution in [2.75, 3.05) is 11.5 Å². The molecule has 0 aliphatic carbocycles. The third-order valence-corrected chi connectivity index (χ3v) is 5.62. The van der Waals surface area contributed by atoms with Crippen molar-refractivity contribution in [2.24, 2.45) is 0 Å². The van der Waals surface area contributed by atoms with Crippen LogP contribution in [0.5, 0.6) is 0 Å². The Kier molecular flexibility index (Phi) is 6.09. The first-order chi connectivity index (χ1) is 12.2. The van der Waals surface area contributed by atoms with Crippen molar-refractivity contribution < 1.29 is 27.3 Å². The average molecular weight is 401 g/mol. The van der Waals surface area contributed by atoms with E-state index in [0.717, 1.165) is 17.8 Å². The van der Waals surface area contributed by atoms with Crippen LogP contribution in [0.2, 0.25) is 0 Å². The quantitative estimate of drug-likeness (QED) is 0.591. The number of alkyl halides is 3. The van der Waals surface area contributed by atoms with Gasteiger partial charge in [0.25, 0.3) is 0 Å². The number of carbonyl (C=O) groups excluding carboxylic acids is 1. The highest BCUT2D eigenvalue weighted by Crippen LogP contribution is 2.40. The highest BCUT2D eigenvalue weighted by molar-refractivity contribution is 8.13. The lowest BCUT2D eigenvalue weighted by Crippen LogP contribution is -2.41. The lowest BCUT2D eigenvalue weighted by molar-refractivity contribution is -0.136. The molecule has 2 N–H and O–H groups in total. The van der Waals surface area contributed by atoms with Crippen LogP contribution >= 0.6 is 11.8 Å². The number of hydrogen-bond acceptors (Lipinski definition) is 5. The summed E-state index contributed by atoms with van der Waals surface area (Å²) in [6, 6.07) is 3.70. The molecule has 1 heterocycles. The molecule has 4 nitrogen and oxygen atoms in total. The molecule has 1 aliphatic heterocycles. The van der Waals surface area contributed by atoms with E-state index in [1.54, 1.807) is 6.08 Å². The minimum atomic E-state index is -4.55. The van der Waals surface area contributed by atoms with Gasteiger partial charge in [0.1, 0.15) is 0 Å². The molecule has 0 spiro atoms. The van der Waals surface area contributed by atoms with E-state index in [1.165, 1.54) is 19.1 Å². The Balaban J connectivity index is 2.42. The molecular weight excluding hydrogens is 378 g/mol. The van der Waals surface area contributed by atoms with Gasteiger partial charge in [0.15, 0.2) is 5.12 Å². The van der Waals surface area contributed by atoms with E-state index in [9.17, 15) is 18.0 Å². The molecule has 9 heteroatoms. The average Bonchev–Trinajstić information content (AvgIpc) is 2.72. The molecule has 1 aromatic carbocycles. The van der Waals surface area contributed by atoms with E-state index < -0.39 is 30.1 Å². The lowest BCUT2D eigenvalue weighted by Gasteiger charge is -2.32. The van der Waals surface area contributed by atoms with Gasteiger partial charge in [-0.2, -0.15) is 13.2 Å². The monoisotopic (exact) mass is 401 g/mol. The second-order valence-corrected chi connectivity index (χ2v) is 8.58. The molecule has 0 bridgehead atoms. The van der Waals surface area contributed by atoms with Gasteiger partial charge in [0.05, 0.1) is 16.8 Å². The van der Waals surface area contributed by atoms with Crippen LogP contribution in [0.1, 0.15) is 45.7 Å². The van der Waals surface area contributed by atoms with Crippen molar-refractivity contribution in [2.45, 2.75) is 52.0 Å². The fraction of sp³-hybridized carbons (Fsp3) is 0.500. The summed E-state index contributed by atoms with van der Waals surface area (Å²) in [5.41, 5.74) is 3.91. The molecule has 1 aliphatic rings. The second kappa shape index (κ2) is 7.52. The Morgan fingerprint density at radius 2 is 1.78 bits per heavy atom. The molecule has 2 rings (SSSR count). The summed E-state index contributed by atoms with van der Waals surface area (Å²) in [5.74, 6) is 0.248. The Bertz CT molecular complexity index is 747. The Labute approximate surface area is 161 Å². The normalized spacial score (nSPS) is 19.4. The van der Waals surface area contributed by atoms with Gasteiger partial charge in [-0.15, -0.1) is 0 Å². The summed E-state index contributed by atoms with van der Waals surface area (Å²) in [6.07, 6.45) is -2.99. The summed E-state index contributed by atoms with van der Waals surface area (Å²) in [4.78, 5) is 11.4. The summed E-state index contributed by atoms with van der Waals surface area (Å²) in [7, 11) is -0.756. The topological polar surface area (TPSA) is 61.6 Å². The van der Waals surface area contributed by atoms with E-state index >= 15 is 0 Å². The van der Waals surface area contributed by atoms with Crippen molar-refractivity contribution >= 4 is 35.8 Å². The zero-order valence-electron chi connectivity index (χ0n) is 15.9. The third-order valence-electron chi connectivity index (χ3n) is 4.73. The molecule has 0 atom stereocenters. The van der Waals surface area contributed by atoms with E-state index in [-0.39, 0.29) is 16.6 Å². The van der Waals surface area contributed by atoms with Crippen LogP contribution in [0.15, 0.2) is 23.7 Å². The Hall–Kier alpha value is -1.45. The van der Waals surface area contributed by atoms with Gasteiger partial charge in [-0.25, -0.2) is 0 Å². The molecule has 1 aromatic rings. The summed E-state index contributed by atoms with van der Waals surface area (Å²) in [5, 5.41) is -0.106. The van der Waals surface area contributed by atoms with Gasteiger partial charge in [0.2, 0.25) is 0 Å². The summed E-state index contributed by atoms with van der Waals surface area (Å²) < 4.78 is 51.4. The van der Waals surface area contributed by atoms with Crippen LogP contribution < -0.4 is 5.73 Å². The van der Waals surface area contributed by atoms with Crippen molar-refractivity contribution in [3.05, 3.63) is 34.8 Å². The molecular formula is C18H23BF3NO3S. The molecule has 0 radical (unpaired) electrons. The van der Waals surface area contributed by atoms with Crippen molar-refractivity contribution in [1.82, 2.24) is 0 Å². The van der Waals surface area contributed by atoms with Gasteiger partial charge in [-0.3, -0.25) is 4.79 Å². The summed E-state index contributed by atoms with van der Waals surface area (Å²) >= 11 is 1.04. The predicted octanol–water partition coefficient (Wildman–Crippen LogP) is 4.58. The maximum absolute atomic E-state index is 13.1. The van der Waals surface area contributed by atoms with Gasteiger partial charge in [0, 0.05) is 18.4 Å². The number of thioether (sulfide) groups is 1. The number of nitrogen functional groups attached to an aromatic ring is 1. The van der Waals surface area contributed by atoms with Gasteiger partial charge in [-0.1, -0.05) is 23.9 Å². The van der Waals surface area contributed by atoms with E-state index in [4.69, 9.17) is 15.0 Å². The van der Waals surface area contributed by atoms with Crippen LogP contribution in [0.25, 0.3) is 6.08 Å². The van der Waals surface area contributed by atoms with Crippen molar-refractivity contribution in [3.8, 4) is 0 Å². The maximum atomic E-state index is 13.1. The smallest absolute Gasteiger partial charge is 0.400 e. The first kappa shape index (κ1) is 21.9. The second-order valence-electron chi connectivity index (χ2n) is 7.43. The number of benzene rings is 1. The van der Waals surface area contributed by atoms with Crippen LogP contribution in [0.3, 0.4) is 0 Å². The first-order valence-electron chi connectivity index (χ1n) is 8.39. The van der Waals surface area contributed by atoms with Gasteiger partial charge in [-0.05, 0) is 50.9 Å². The molecule has 148 valence electrons. The minimum absolute atomic E-state index is 0.106. The molecule has 0 saturated carbocycles. The zero-order valence-corrected chi connectivity index (χ0v) is 16.8. The summed E-state index contributed by atoms with van der Waals surface area (Å²) in [6.45, 7) is 8.96. The fourth-order valence-electron chi connectivity index (χ4n) is 2.48. The highest BCUT2D eigenvalue weighted by Gasteiger charge is 2.52. The Morgan fingerprint density at radius 1 is 1.22 bits per heavy atom. The SMILES string of the molecule is CC(=O)SCC(=Cc1ccc(N)c(C(F)(F)F)c1)B1OC(C)(C)C(C)(C)O1. The third kappa shape index (κ3) is 5.09. The van der Waals surface area contributed by atoms with Crippen molar-refractivity contribution in [1.29, 1.82) is 0 Å². The van der Waals surface area contributed by atoms with Gasteiger partial charge >= 0.3 is 13.3 Å². The van der Waals surface area contributed by atoms with E-state index in [2.05, 4.69) is 0 Å². The Morgan fingerprint density at radius 3 is 2.26 bits per heavy atom. The number of nitrogens with two attached hydrogens (primary N) is 1. The number of rotatable bonds is 4. The maximum Gasteiger partial charge on any atom is 0.491 e. The molecule has 1 saturated heterocycles. The minimum Gasteiger partial charge on any atom is -0.400 e. The number of hydrogen-bond donors (Lipinski definition) is 1. The number of carbonyl (C=O) groups is 1. The van der Waals surface area contributed by atoms with E-state index in [0.29, 0.717) is 11.0 Å². The van der Waals surface area contributed by atoms with Crippen LogP contribution in [0.4, 0.5) is 18.9 Å². The fourth-order valence-corrected chi connectivity index (χ4v) is 3.07. The van der Waals surface area contributed by atoms with Crippen molar-refractivity contribution in [3.63, 3.8) is 0 Å². The first-order valence-corrected chi connectivity index (χ1v) is 9.38. The predicted molar refractivity (Wildman–Crippen MR) is 103 cm³/mol. The van der Waals surface area contributed by atoms with Gasteiger partial charge < -0.3 is 15.0 Å². The number of halogens is 3. The van der Waals surface area contributed by atoms with Crippen LogP contribution in [-0.4, -0.2) is 29.2 Å². The lowest BCUT2D eigenvalue weighted by atomic mass is 9.78. The van der Waals surface area contributed by atoms with Crippen LogP contribution in [-0.2, 0) is 20.3 Å². The van der Waals surface area contributed by atoms with Crippen LogP contribution in [0, 0.1) is 0 Å². The largest absolute Gasteiger partial charge is 0.491 e. The number of anilines is 1. The highest BCUT2D eigenvalue weighted by atomic mass is 32.2. The standard InChI is InChI=1S/C18H23BF3NO3S/c1-11(24)27-10-13(19-25-16(2,3)17(4,5)26-19)8-12-6-7-15(23)14(9-12)18(20,21)22/h6-9H,10,23H2,1-5H3. The van der Waals surface area contributed by atoms with E-state index in [1.807, 2.05) is 27.7 Å². The zero-order chi connectivity index (χ0) is 20.6. The molecule has 27 heavy (non-hydrogen) atoms. The molecule has 0 aromatic heterocycles. The molecule has 1 fully saturated rings. The molecule has 0 amide bonds.